The number of carbonyl (C=O) groups excluding carboxylic acids is 1. The van der Waals surface area contributed by atoms with E-state index in [1.54, 1.807) is 0 Å². The number of nitrogen functional groups attached to an aromatic ring is 1. The molecule has 2 fully saturated rings. The van der Waals surface area contributed by atoms with Crippen LogP contribution in [0.15, 0.2) is 12.1 Å². The second-order valence-electron chi connectivity index (χ2n) is 6.44. The number of fused-ring (bicyclic) bond motifs is 1. The Labute approximate surface area is 119 Å². The minimum atomic E-state index is 0.0988. The van der Waals surface area contributed by atoms with E-state index < -0.39 is 0 Å². The van der Waals surface area contributed by atoms with Gasteiger partial charge in [-0.1, -0.05) is 0 Å². The molecule has 4 heteroatoms. The summed E-state index contributed by atoms with van der Waals surface area (Å²) >= 11 is 0. The Balaban J connectivity index is 1.67. The van der Waals surface area contributed by atoms with Gasteiger partial charge >= 0.3 is 0 Å². The molecule has 1 aromatic carbocycles. The van der Waals surface area contributed by atoms with Gasteiger partial charge in [-0.05, 0) is 55.7 Å². The molecule has 0 aromatic heterocycles. The summed E-state index contributed by atoms with van der Waals surface area (Å²) in [5.41, 5.74) is 10.4. The summed E-state index contributed by atoms with van der Waals surface area (Å²) in [6, 6.07) is 4.85. The molecule has 0 radical (unpaired) electrons. The normalized spacial score (nSPS) is 21.3. The van der Waals surface area contributed by atoms with Gasteiger partial charge in [-0.3, -0.25) is 4.79 Å². The maximum absolute atomic E-state index is 11.5. The molecule has 0 spiro atoms. The molecular formula is C16H21N3O. The quantitative estimate of drug-likeness (QED) is 0.827. The number of amides is 1. The third kappa shape index (κ3) is 2.23. The molecule has 4 nitrogen and oxygen atoms in total. The van der Waals surface area contributed by atoms with E-state index in [2.05, 4.69) is 16.3 Å². The minimum Gasteiger partial charge on any atom is -0.397 e. The van der Waals surface area contributed by atoms with Gasteiger partial charge in [0.2, 0.25) is 5.91 Å². The molecule has 0 unspecified atom stereocenters. The summed E-state index contributed by atoms with van der Waals surface area (Å²) in [5, 5.41) is 2.93. The Kier molecular flexibility index (Phi) is 2.65. The zero-order valence-corrected chi connectivity index (χ0v) is 11.7. The minimum absolute atomic E-state index is 0.0988. The number of nitrogens with zero attached hydrogens (tertiary/aromatic N) is 1. The van der Waals surface area contributed by atoms with Crippen molar-refractivity contribution in [3.8, 4) is 0 Å². The molecule has 1 amide bonds. The van der Waals surface area contributed by atoms with Crippen molar-refractivity contribution in [1.29, 1.82) is 0 Å². The van der Waals surface area contributed by atoms with E-state index in [1.807, 2.05) is 6.07 Å². The van der Waals surface area contributed by atoms with E-state index >= 15 is 0 Å². The van der Waals surface area contributed by atoms with Crippen molar-refractivity contribution in [2.24, 2.45) is 5.92 Å². The van der Waals surface area contributed by atoms with Crippen LogP contribution in [0.25, 0.3) is 0 Å². The Morgan fingerprint density at radius 2 is 2.00 bits per heavy atom. The van der Waals surface area contributed by atoms with Crippen molar-refractivity contribution in [2.45, 2.75) is 44.6 Å². The number of nitrogens with two attached hydrogens (primary N) is 1. The predicted octanol–water partition coefficient (Wildman–Crippen LogP) is 2.53. The highest BCUT2D eigenvalue weighted by Gasteiger charge is 2.35. The SMILES string of the molecule is Nc1cc2c(cc1N(CC1CC1)C1CC1)CCC(=O)N2. The average molecular weight is 271 g/mol. The van der Waals surface area contributed by atoms with E-state index in [0.717, 1.165) is 30.3 Å². The fraction of sp³-hybridized carbons (Fsp3) is 0.562. The van der Waals surface area contributed by atoms with Gasteiger partial charge in [-0.25, -0.2) is 0 Å². The van der Waals surface area contributed by atoms with Gasteiger partial charge in [0.15, 0.2) is 0 Å². The van der Waals surface area contributed by atoms with Crippen molar-refractivity contribution < 1.29 is 4.79 Å². The molecule has 4 rings (SSSR count). The van der Waals surface area contributed by atoms with Gasteiger partial charge in [0.25, 0.3) is 0 Å². The lowest BCUT2D eigenvalue weighted by Crippen LogP contribution is -2.29. The standard InChI is InChI=1S/C16H21N3O/c17-13-8-14-11(3-6-16(20)18-14)7-15(13)19(12-4-5-12)9-10-1-2-10/h7-8,10,12H,1-6,9,17H2,(H,18,20). The Bertz CT molecular complexity index is 561. The van der Waals surface area contributed by atoms with Crippen molar-refractivity contribution in [3.05, 3.63) is 17.7 Å². The van der Waals surface area contributed by atoms with E-state index in [0.29, 0.717) is 12.5 Å². The summed E-state index contributed by atoms with van der Waals surface area (Å²) in [7, 11) is 0. The fourth-order valence-corrected chi connectivity index (χ4v) is 3.09. The molecule has 1 heterocycles. The summed E-state index contributed by atoms with van der Waals surface area (Å²) in [4.78, 5) is 14.0. The number of rotatable bonds is 4. The molecule has 3 N–H and O–H groups in total. The Morgan fingerprint density at radius 3 is 2.70 bits per heavy atom. The number of aryl methyl sites for hydroxylation is 1. The van der Waals surface area contributed by atoms with Crippen LogP contribution in [-0.2, 0) is 11.2 Å². The molecule has 2 aliphatic carbocycles. The molecule has 1 aromatic rings. The van der Waals surface area contributed by atoms with Gasteiger partial charge in [0, 0.05) is 24.7 Å². The topological polar surface area (TPSA) is 58.4 Å². The van der Waals surface area contributed by atoms with Gasteiger partial charge in [-0.2, -0.15) is 0 Å². The molecule has 0 atom stereocenters. The number of hydrogen-bond donors (Lipinski definition) is 2. The number of carbonyl (C=O) groups is 1. The highest BCUT2D eigenvalue weighted by atomic mass is 16.1. The monoisotopic (exact) mass is 271 g/mol. The van der Waals surface area contributed by atoms with Crippen molar-refractivity contribution in [1.82, 2.24) is 0 Å². The van der Waals surface area contributed by atoms with Gasteiger partial charge in [0.1, 0.15) is 0 Å². The first-order chi connectivity index (χ1) is 9.70. The Morgan fingerprint density at radius 1 is 1.20 bits per heavy atom. The smallest absolute Gasteiger partial charge is 0.224 e. The van der Waals surface area contributed by atoms with E-state index in [-0.39, 0.29) is 5.91 Å². The third-order valence-electron chi connectivity index (χ3n) is 4.60. The lowest BCUT2D eigenvalue weighted by atomic mass is 10.0. The van der Waals surface area contributed by atoms with E-state index in [4.69, 9.17) is 5.73 Å². The van der Waals surface area contributed by atoms with Gasteiger partial charge in [0.05, 0.1) is 11.4 Å². The maximum Gasteiger partial charge on any atom is 0.224 e. The maximum atomic E-state index is 11.5. The highest BCUT2D eigenvalue weighted by Crippen LogP contribution is 2.41. The average Bonchev–Trinajstić information content (AvgIpc) is 3.28. The van der Waals surface area contributed by atoms with Crippen LogP contribution in [0, 0.1) is 5.92 Å². The second kappa shape index (κ2) is 4.40. The van der Waals surface area contributed by atoms with Crippen LogP contribution >= 0.6 is 0 Å². The fourth-order valence-electron chi connectivity index (χ4n) is 3.09. The summed E-state index contributed by atoms with van der Waals surface area (Å²) in [6.07, 6.45) is 6.73. The summed E-state index contributed by atoms with van der Waals surface area (Å²) < 4.78 is 0. The number of nitrogens with one attached hydrogen (secondary N) is 1. The number of anilines is 3. The predicted molar refractivity (Wildman–Crippen MR) is 80.9 cm³/mol. The van der Waals surface area contributed by atoms with Crippen LogP contribution in [0.4, 0.5) is 17.1 Å². The lowest BCUT2D eigenvalue weighted by Gasteiger charge is -2.28. The summed E-state index contributed by atoms with van der Waals surface area (Å²) in [6.45, 7) is 1.15. The van der Waals surface area contributed by atoms with Crippen molar-refractivity contribution in [3.63, 3.8) is 0 Å². The molecular weight excluding hydrogens is 250 g/mol. The first-order valence-electron chi connectivity index (χ1n) is 7.69. The van der Waals surface area contributed by atoms with Crippen LogP contribution in [0.2, 0.25) is 0 Å². The molecule has 20 heavy (non-hydrogen) atoms. The third-order valence-corrected chi connectivity index (χ3v) is 4.60. The highest BCUT2D eigenvalue weighted by molar-refractivity contribution is 5.95. The van der Waals surface area contributed by atoms with Crippen molar-refractivity contribution >= 4 is 23.0 Å². The number of benzene rings is 1. The molecule has 1 aliphatic heterocycles. The van der Waals surface area contributed by atoms with E-state index in [9.17, 15) is 4.79 Å². The van der Waals surface area contributed by atoms with Crippen LogP contribution in [0.1, 0.15) is 37.7 Å². The number of hydrogen-bond acceptors (Lipinski definition) is 3. The first-order valence-corrected chi connectivity index (χ1v) is 7.69. The summed E-state index contributed by atoms with van der Waals surface area (Å²) in [5.74, 6) is 0.965. The van der Waals surface area contributed by atoms with Gasteiger partial charge < -0.3 is 16.0 Å². The lowest BCUT2D eigenvalue weighted by molar-refractivity contribution is -0.116. The molecule has 106 valence electrons. The molecule has 3 aliphatic rings. The van der Waals surface area contributed by atoms with Gasteiger partial charge in [-0.15, -0.1) is 0 Å². The van der Waals surface area contributed by atoms with Crippen LogP contribution in [-0.4, -0.2) is 18.5 Å². The largest absolute Gasteiger partial charge is 0.397 e. The van der Waals surface area contributed by atoms with Crippen LogP contribution in [0.3, 0.4) is 0 Å². The van der Waals surface area contributed by atoms with E-state index in [1.165, 1.54) is 36.9 Å². The zero-order chi connectivity index (χ0) is 13.7. The van der Waals surface area contributed by atoms with Crippen LogP contribution in [0.5, 0.6) is 0 Å². The first kappa shape index (κ1) is 12.1. The Hall–Kier alpha value is -1.71. The van der Waals surface area contributed by atoms with Crippen molar-refractivity contribution in [2.75, 3.05) is 22.5 Å². The molecule has 0 bridgehead atoms. The molecule has 2 saturated carbocycles. The molecule has 0 saturated heterocycles. The van der Waals surface area contributed by atoms with Crippen LogP contribution < -0.4 is 16.0 Å². The second-order valence-corrected chi connectivity index (χ2v) is 6.44. The zero-order valence-electron chi connectivity index (χ0n) is 11.7.